The molecule has 0 radical (unpaired) electrons. The lowest BCUT2D eigenvalue weighted by Crippen LogP contribution is -2.40. The summed E-state index contributed by atoms with van der Waals surface area (Å²) in [6.45, 7) is 0.659. The van der Waals surface area contributed by atoms with Gasteiger partial charge in [0.1, 0.15) is 5.82 Å². The number of benzene rings is 1. The van der Waals surface area contributed by atoms with Crippen LogP contribution in [0.25, 0.3) is 0 Å². The van der Waals surface area contributed by atoms with Gasteiger partial charge in [-0.1, -0.05) is 42.8 Å². The van der Waals surface area contributed by atoms with Crippen LogP contribution in [0.4, 0.5) is 4.39 Å². The Bertz CT molecular complexity index is 481. The Balaban J connectivity index is 1.55. The zero-order chi connectivity index (χ0) is 13.1. The lowest BCUT2D eigenvalue weighted by Gasteiger charge is -2.21. The van der Waals surface area contributed by atoms with Crippen molar-refractivity contribution >= 4 is 16.9 Å². The third-order valence-corrected chi connectivity index (χ3v) is 5.21. The zero-order valence-corrected chi connectivity index (χ0v) is 11.8. The predicted molar refractivity (Wildman–Crippen MR) is 79.2 cm³/mol. The summed E-state index contributed by atoms with van der Waals surface area (Å²) in [4.78, 5) is 4.58. The fourth-order valence-corrected chi connectivity index (χ4v) is 4.14. The van der Waals surface area contributed by atoms with Crippen molar-refractivity contribution in [3.8, 4) is 0 Å². The molecule has 102 valence electrons. The highest BCUT2D eigenvalue weighted by atomic mass is 32.2. The molecule has 1 heterocycles. The van der Waals surface area contributed by atoms with E-state index in [9.17, 15) is 4.39 Å². The second-order valence-corrected chi connectivity index (χ2v) is 6.39. The fraction of sp³-hybridized carbons (Fsp3) is 0.533. The molecule has 0 unspecified atom stereocenters. The second kappa shape index (κ2) is 5.53. The van der Waals surface area contributed by atoms with Gasteiger partial charge in [0, 0.05) is 17.8 Å². The normalized spacial score (nSPS) is 23.1. The van der Waals surface area contributed by atoms with Crippen LogP contribution in [0.1, 0.15) is 31.2 Å². The maximum atomic E-state index is 13.5. The van der Waals surface area contributed by atoms with Crippen LogP contribution in [0.2, 0.25) is 0 Å². The van der Waals surface area contributed by atoms with Crippen LogP contribution in [0, 0.1) is 5.82 Å². The summed E-state index contributed by atoms with van der Waals surface area (Å²) < 4.78 is 13.5. The molecule has 1 saturated heterocycles. The topological polar surface area (TPSA) is 24.4 Å². The maximum absolute atomic E-state index is 13.5. The number of halogens is 1. The largest absolute Gasteiger partial charge is 0.359 e. The number of thioether (sulfide) groups is 1. The van der Waals surface area contributed by atoms with Crippen molar-refractivity contribution in [1.82, 2.24) is 5.32 Å². The SMILES string of the molecule is Fc1ccccc1CCN=C1NC2(CCCC2)CS1. The number of rotatable bonds is 3. The summed E-state index contributed by atoms with van der Waals surface area (Å²) in [6.07, 6.45) is 5.87. The molecule has 1 aromatic rings. The molecule has 3 rings (SSSR count). The Morgan fingerprint density at radius 1 is 1.26 bits per heavy atom. The fourth-order valence-electron chi connectivity index (χ4n) is 2.89. The summed E-state index contributed by atoms with van der Waals surface area (Å²) in [5, 5.41) is 4.64. The first-order valence-electron chi connectivity index (χ1n) is 6.96. The highest BCUT2D eigenvalue weighted by Crippen LogP contribution is 2.37. The number of amidine groups is 1. The van der Waals surface area contributed by atoms with Crippen molar-refractivity contribution in [2.45, 2.75) is 37.6 Å². The molecule has 1 spiro atoms. The minimum Gasteiger partial charge on any atom is -0.359 e. The molecule has 2 nitrogen and oxygen atoms in total. The summed E-state index contributed by atoms with van der Waals surface area (Å²) >= 11 is 1.82. The summed E-state index contributed by atoms with van der Waals surface area (Å²) in [7, 11) is 0. The third-order valence-electron chi connectivity index (χ3n) is 4.01. The maximum Gasteiger partial charge on any atom is 0.157 e. The van der Waals surface area contributed by atoms with E-state index in [1.54, 1.807) is 6.07 Å². The molecule has 1 aliphatic carbocycles. The van der Waals surface area contributed by atoms with Crippen molar-refractivity contribution in [3.05, 3.63) is 35.6 Å². The first-order chi connectivity index (χ1) is 9.27. The van der Waals surface area contributed by atoms with Gasteiger partial charge in [-0.15, -0.1) is 0 Å². The minimum absolute atomic E-state index is 0.123. The van der Waals surface area contributed by atoms with Gasteiger partial charge in [0.2, 0.25) is 0 Å². The highest BCUT2D eigenvalue weighted by Gasteiger charge is 2.39. The molecule has 1 N–H and O–H groups in total. The van der Waals surface area contributed by atoms with Gasteiger partial charge in [0.15, 0.2) is 5.17 Å². The van der Waals surface area contributed by atoms with E-state index in [0.717, 1.165) is 16.5 Å². The molecule has 1 saturated carbocycles. The first-order valence-corrected chi connectivity index (χ1v) is 7.95. The lowest BCUT2D eigenvalue weighted by molar-refractivity contribution is 0.452. The summed E-state index contributed by atoms with van der Waals surface area (Å²) in [5.41, 5.74) is 1.08. The average Bonchev–Trinajstić information content (AvgIpc) is 3.03. The molecule has 0 atom stereocenters. The van der Waals surface area contributed by atoms with E-state index in [0.29, 0.717) is 18.5 Å². The van der Waals surface area contributed by atoms with Crippen molar-refractivity contribution < 1.29 is 4.39 Å². The van der Waals surface area contributed by atoms with Gasteiger partial charge in [-0.25, -0.2) is 4.39 Å². The van der Waals surface area contributed by atoms with Crippen LogP contribution in [0.3, 0.4) is 0 Å². The molecule has 4 heteroatoms. The molecule has 0 bridgehead atoms. The van der Waals surface area contributed by atoms with Crippen LogP contribution in [0.5, 0.6) is 0 Å². The van der Waals surface area contributed by atoms with Crippen molar-refractivity contribution in [1.29, 1.82) is 0 Å². The third kappa shape index (κ3) is 2.94. The van der Waals surface area contributed by atoms with Crippen LogP contribution >= 0.6 is 11.8 Å². The van der Waals surface area contributed by atoms with Crippen LogP contribution in [0.15, 0.2) is 29.3 Å². The minimum atomic E-state index is -0.123. The number of nitrogens with one attached hydrogen (secondary N) is 1. The van der Waals surface area contributed by atoms with Crippen LogP contribution in [-0.4, -0.2) is 23.0 Å². The van der Waals surface area contributed by atoms with Crippen molar-refractivity contribution in [3.63, 3.8) is 0 Å². The van der Waals surface area contributed by atoms with Crippen LogP contribution < -0.4 is 5.32 Å². The van der Waals surface area contributed by atoms with Gasteiger partial charge in [-0.3, -0.25) is 4.99 Å². The second-order valence-electron chi connectivity index (χ2n) is 5.43. The van der Waals surface area contributed by atoms with E-state index in [-0.39, 0.29) is 5.82 Å². The number of hydrogen-bond donors (Lipinski definition) is 1. The van der Waals surface area contributed by atoms with Gasteiger partial charge in [-0.05, 0) is 30.9 Å². The van der Waals surface area contributed by atoms with Crippen LogP contribution in [-0.2, 0) is 6.42 Å². The Morgan fingerprint density at radius 2 is 2.05 bits per heavy atom. The van der Waals surface area contributed by atoms with E-state index in [1.807, 2.05) is 23.9 Å². The standard InChI is InChI=1S/C15H19FN2S/c16-13-6-2-1-5-12(13)7-10-17-14-18-15(11-19-14)8-3-4-9-15/h1-2,5-6H,3-4,7-11H2,(H,17,18). The summed E-state index contributed by atoms with van der Waals surface area (Å²) in [6, 6.07) is 6.95. The Kier molecular flexibility index (Phi) is 3.78. The molecule has 19 heavy (non-hydrogen) atoms. The Morgan fingerprint density at radius 3 is 2.84 bits per heavy atom. The predicted octanol–water partition coefficient (Wildman–Crippen LogP) is 3.37. The first kappa shape index (κ1) is 13.0. The molecule has 1 aliphatic heterocycles. The smallest absolute Gasteiger partial charge is 0.157 e. The van der Waals surface area contributed by atoms with Gasteiger partial charge >= 0.3 is 0 Å². The molecular formula is C15H19FN2S. The van der Waals surface area contributed by atoms with Gasteiger partial charge in [-0.2, -0.15) is 0 Å². The highest BCUT2D eigenvalue weighted by molar-refractivity contribution is 8.14. The number of nitrogens with zero attached hydrogens (tertiary/aromatic N) is 1. The molecule has 1 aromatic carbocycles. The summed E-state index contributed by atoms with van der Waals surface area (Å²) in [5.74, 6) is 1.02. The monoisotopic (exact) mass is 278 g/mol. The van der Waals surface area contributed by atoms with E-state index < -0.39 is 0 Å². The van der Waals surface area contributed by atoms with E-state index in [4.69, 9.17) is 0 Å². The average molecular weight is 278 g/mol. The van der Waals surface area contributed by atoms with E-state index >= 15 is 0 Å². The van der Waals surface area contributed by atoms with Crippen molar-refractivity contribution in [2.75, 3.05) is 12.3 Å². The molecule has 0 amide bonds. The lowest BCUT2D eigenvalue weighted by atomic mass is 10.0. The van der Waals surface area contributed by atoms with E-state index in [2.05, 4.69) is 10.3 Å². The number of hydrogen-bond acceptors (Lipinski definition) is 2. The molecule has 2 aliphatic rings. The zero-order valence-electron chi connectivity index (χ0n) is 11.0. The van der Waals surface area contributed by atoms with Gasteiger partial charge in [0.05, 0.1) is 0 Å². The number of aliphatic imine (C=N–C) groups is 1. The molecule has 0 aromatic heterocycles. The Labute approximate surface area is 117 Å². The van der Waals surface area contributed by atoms with Gasteiger partial charge in [0.25, 0.3) is 0 Å². The van der Waals surface area contributed by atoms with Gasteiger partial charge < -0.3 is 5.32 Å². The molecular weight excluding hydrogens is 259 g/mol. The quantitative estimate of drug-likeness (QED) is 0.916. The molecule has 2 fully saturated rings. The Hall–Kier alpha value is -1.03. The van der Waals surface area contributed by atoms with Crippen molar-refractivity contribution in [2.24, 2.45) is 4.99 Å². The van der Waals surface area contributed by atoms with E-state index in [1.165, 1.54) is 31.7 Å².